The summed E-state index contributed by atoms with van der Waals surface area (Å²) in [6.45, 7) is 0.353. The minimum absolute atomic E-state index is 0.0963. The van der Waals surface area contributed by atoms with E-state index in [1.165, 1.54) is 0 Å². The number of nitrogens with zero attached hydrogens (tertiary/aromatic N) is 2. The molecule has 0 saturated carbocycles. The Morgan fingerprint density at radius 2 is 2.06 bits per heavy atom. The Bertz CT molecular complexity index is 367. The molecular weight excluding hydrogens is 222 g/mol. The van der Waals surface area contributed by atoms with Crippen LogP contribution in [0.3, 0.4) is 0 Å². The number of carboxylic acids is 1. The van der Waals surface area contributed by atoms with Crippen molar-refractivity contribution in [2.75, 3.05) is 0 Å². The average Bonchev–Trinajstić information content (AvgIpc) is 2.33. The zero-order chi connectivity index (χ0) is 12.5. The topological polar surface area (TPSA) is 92.2 Å². The van der Waals surface area contributed by atoms with Crippen LogP contribution in [-0.4, -0.2) is 27.2 Å². The molecule has 0 aliphatic rings. The van der Waals surface area contributed by atoms with Gasteiger partial charge in [-0.2, -0.15) is 10.2 Å². The molecule has 1 amide bonds. The summed E-state index contributed by atoms with van der Waals surface area (Å²) in [5.41, 5.74) is 0.700. The van der Waals surface area contributed by atoms with Gasteiger partial charge in [0.2, 0.25) is 5.91 Å². The van der Waals surface area contributed by atoms with Crippen LogP contribution >= 0.6 is 0 Å². The number of carbonyl (C=O) groups excluding carboxylic acids is 1. The van der Waals surface area contributed by atoms with Crippen molar-refractivity contribution < 1.29 is 14.7 Å². The van der Waals surface area contributed by atoms with Crippen molar-refractivity contribution in [2.24, 2.45) is 0 Å². The normalized spacial score (nSPS) is 9.88. The molecule has 92 valence electrons. The average molecular weight is 237 g/mol. The van der Waals surface area contributed by atoms with Crippen LogP contribution in [0.4, 0.5) is 0 Å². The van der Waals surface area contributed by atoms with E-state index in [0.717, 1.165) is 0 Å². The maximum atomic E-state index is 11.4. The molecular formula is C11H15N3O3. The third-order valence-electron chi connectivity index (χ3n) is 2.14. The third kappa shape index (κ3) is 6.24. The zero-order valence-corrected chi connectivity index (χ0v) is 9.43. The van der Waals surface area contributed by atoms with Crippen molar-refractivity contribution in [3.63, 3.8) is 0 Å². The first-order valence-electron chi connectivity index (χ1n) is 5.43. The maximum Gasteiger partial charge on any atom is 0.303 e. The van der Waals surface area contributed by atoms with E-state index in [-0.39, 0.29) is 12.3 Å². The van der Waals surface area contributed by atoms with Crippen LogP contribution < -0.4 is 5.32 Å². The van der Waals surface area contributed by atoms with Crippen LogP contribution in [-0.2, 0) is 16.1 Å². The van der Waals surface area contributed by atoms with Gasteiger partial charge in [0.15, 0.2) is 0 Å². The number of hydrogen-bond donors (Lipinski definition) is 2. The second-order valence-corrected chi connectivity index (χ2v) is 3.59. The Hall–Kier alpha value is -1.98. The van der Waals surface area contributed by atoms with E-state index >= 15 is 0 Å². The van der Waals surface area contributed by atoms with Crippen molar-refractivity contribution >= 4 is 11.9 Å². The first-order valence-corrected chi connectivity index (χ1v) is 5.43. The fraction of sp³-hybridized carbons (Fsp3) is 0.455. The monoisotopic (exact) mass is 237 g/mol. The molecule has 0 atom stereocenters. The molecule has 1 heterocycles. The van der Waals surface area contributed by atoms with Crippen molar-refractivity contribution in [3.8, 4) is 0 Å². The first kappa shape index (κ1) is 13.1. The van der Waals surface area contributed by atoms with Gasteiger partial charge in [0, 0.05) is 19.0 Å². The molecule has 0 aliphatic heterocycles. The van der Waals surface area contributed by atoms with Crippen LogP contribution in [0.25, 0.3) is 0 Å². The summed E-state index contributed by atoms with van der Waals surface area (Å²) in [4.78, 5) is 21.6. The van der Waals surface area contributed by atoms with Gasteiger partial charge in [-0.3, -0.25) is 9.59 Å². The number of amides is 1. The predicted octanol–water partition coefficient (Wildman–Crippen LogP) is 0.738. The summed E-state index contributed by atoms with van der Waals surface area (Å²) in [6, 6.07) is 3.53. The number of rotatable bonds is 7. The van der Waals surface area contributed by atoms with Gasteiger partial charge < -0.3 is 10.4 Å². The summed E-state index contributed by atoms with van der Waals surface area (Å²) < 4.78 is 0. The molecule has 1 aromatic heterocycles. The van der Waals surface area contributed by atoms with E-state index in [1.807, 2.05) is 0 Å². The van der Waals surface area contributed by atoms with Gasteiger partial charge in [0.1, 0.15) is 0 Å². The van der Waals surface area contributed by atoms with Gasteiger partial charge in [-0.25, -0.2) is 0 Å². The van der Waals surface area contributed by atoms with Crippen LogP contribution in [0.5, 0.6) is 0 Å². The summed E-state index contributed by atoms with van der Waals surface area (Å²) in [6.07, 6.45) is 3.12. The number of nitrogens with one attached hydrogen (secondary N) is 1. The minimum Gasteiger partial charge on any atom is -0.481 e. The number of aliphatic carboxylic acids is 1. The lowest BCUT2D eigenvalue weighted by Gasteiger charge is -2.03. The highest BCUT2D eigenvalue weighted by molar-refractivity contribution is 5.75. The molecule has 0 bridgehead atoms. The maximum absolute atomic E-state index is 11.4. The fourth-order valence-corrected chi connectivity index (χ4v) is 1.27. The molecule has 6 heteroatoms. The van der Waals surface area contributed by atoms with Crippen molar-refractivity contribution in [3.05, 3.63) is 24.0 Å². The Kier molecular flexibility index (Phi) is 5.63. The molecule has 2 N–H and O–H groups in total. The Balaban J connectivity index is 2.11. The Morgan fingerprint density at radius 1 is 1.29 bits per heavy atom. The zero-order valence-electron chi connectivity index (χ0n) is 9.43. The molecule has 0 unspecified atom stereocenters. The Labute approximate surface area is 99.1 Å². The van der Waals surface area contributed by atoms with Gasteiger partial charge in [0.25, 0.3) is 0 Å². The summed E-state index contributed by atoms with van der Waals surface area (Å²) >= 11 is 0. The van der Waals surface area contributed by atoms with E-state index in [0.29, 0.717) is 31.5 Å². The second kappa shape index (κ2) is 7.32. The van der Waals surface area contributed by atoms with Gasteiger partial charge in [0.05, 0.1) is 12.2 Å². The highest BCUT2D eigenvalue weighted by Gasteiger charge is 2.03. The number of aromatic nitrogens is 2. The largest absolute Gasteiger partial charge is 0.481 e. The number of carboxylic acid groups (broad SMARTS) is 1. The van der Waals surface area contributed by atoms with Crippen molar-refractivity contribution in [1.29, 1.82) is 0 Å². The highest BCUT2D eigenvalue weighted by Crippen LogP contribution is 2.00. The second-order valence-electron chi connectivity index (χ2n) is 3.59. The van der Waals surface area contributed by atoms with E-state index in [4.69, 9.17) is 5.11 Å². The molecule has 0 saturated heterocycles. The van der Waals surface area contributed by atoms with Crippen molar-refractivity contribution in [2.45, 2.75) is 32.2 Å². The molecule has 0 aromatic carbocycles. The molecule has 0 aliphatic carbocycles. The standard InChI is InChI=1S/C11H15N3O3/c15-10(5-1-2-6-11(16)17)12-8-9-4-3-7-13-14-9/h3-4,7H,1-2,5-6,8H2,(H,12,15)(H,16,17). The smallest absolute Gasteiger partial charge is 0.303 e. The van der Waals surface area contributed by atoms with E-state index in [1.54, 1.807) is 18.3 Å². The summed E-state index contributed by atoms with van der Waals surface area (Å²) in [5, 5.41) is 18.6. The number of unbranched alkanes of at least 4 members (excludes halogenated alkanes) is 1. The minimum atomic E-state index is -0.829. The lowest BCUT2D eigenvalue weighted by atomic mass is 10.2. The van der Waals surface area contributed by atoms with Gasteiger partial charge in [-0.1, -0.05) is 0 Å². The molecule has 0 radical (unpaired) electrons. The predicted molar refractivity (Wildman–Crippen MR) is 60.0 cm³/mol. The molecule has 1 aromatic rings. The van der Waals surface area contributed by atoms with Gasteiger partial charge >= 0.3 is 5.97 Å². The van der Waals surface area contributed by atoms with Crippen molar-refractivity contribution in [1.82, 2.24) is 15.5 Å². The highest BCUT2D eigenvalue weighted by atomic mass is 16.4. The van der Waals surface area contributed by atoms with E-state index in [9.17, 15) is 9.59 Å². The van der Waals surface area contributed by atoms with Crippen LogP contribution in [0, 0.1) is 0 Å². The summed E-state index contributed by atoms with van der Waals surface area (Å²) in [5.74, 6) is -0.925. The molecule has 0 fully saturated rings. The molecule has 17 heavy (non-hydrogen) atoms. The number of carbonyl (C=O) groups is 2. The van der Waals surface area contributed by atoms with Crippen LogP contribution in [0.1, 0.15) is 31.4 Å². The summed E-state index contributed by atoms with van der Waals surface area (Å²) in [7, 11) is 0. The van der Waals surface area contributed by atoms with Gasteiger partial charge in [-0.05, 0) is 25.0 Å². The SMILES string of the molecule is O=C(O)CCCCC(=O)NCc1cccnn1. The van der Waals surface area contributed by atoms with E-state index < -0.39 is 5.97 Å². The van der Waals surface area contributed by atoms with Gasteiger partial charge in [-0.15, -0.1) is 0 Å². The van der Waals surface area contributed by atoms with E-state index in [2.05, 4.69) is 15.5 Å². The number of hydrogen-bond acceptors (Lipinski definition) is 4. The molecule has 1 rings (SSSR count). The lowest BCUT2D eigenvalue weighted by molar-refractivity contribution is -0.137. The fourth-order valence-electron chi connectivity index (χ4n) is 1.27. The molecule has 0 spiro atoms. The quantitative estimate of drug-likeness (QED) is 0.682. The Morgan fingerprint density at radius 3 is 2.71 bits per heavy atom. The lowest BCUT2D eigenvalue weighted by Crippen LogP contribution is -2.23. The first-order chi connectivity index (χ1) is 8.18. The molecule has 6 nitrogen and oxygen atoms in total. The van der Waals surface area contributed by atoms with Crippen LogP contribution in [0.2, 0.25) is 0 Å². The van der Waals surface area contributed by atoms with Crippen LogP contribution in [0.15, 0.2) is 18.3 Å². The third-order valence-corrected chi connectivity index (χ3v) is 2.14.